The third-order valence-corrected chi connectivity index (χ3v) is 10.9. The Hall–Kier alpha value is -7.37. The highest BCUT2D eigenvalue weighted by Crippen LogP contribution is 2.41. The summed E-state index contributed by atoms with van der Waals surface area (Å²) >= 11 is 0. The van der Waals surface area contributed by atoms with Crippen LogP contribution in [-0.4, -0.2) is 19.5 Å². The van der Waals surface area contributed by atoms with Gasteiger partial charge in [-0.2, -0.15) is 0 Å². The number of nitrogens with zero attached hydrogens (tertiary/aromatic N) is 4. The highest BCUT2D eigenvalue weighted by molar-refractivity contribution is 6.14. The molecule has 5 heteroatoms. The molecule has 11 rings (SSSR count). The van der Waals surface area contributed by atoms with Crippen molar-refractivity contribution in [3.63, 3.8) is 0 Å². The minimum Gasteiger partial charge on any atom is -0.456 e. The van der Waals surface area contributed by atoms with Crippen molar-refractivity contribution in [3.8, 4) is 50.7 Å². The van der Waals surface area contributed by atoms with E-state index in [1.807, 2.05) is 18.2 Å². The van der Waals surface area contributed by atoms with Gasteiger partial charge in [-0.25, -0.2) is 15.0 Å². The van der Waals surface area contributed by atoms with Crippen molar-refractivity contribution in [1.82, 2.24) is 19.5 Å². The lowest BCUT2D eigenvalue weighted by atomic mass is 9.96. The van der Waals surface area contributed by atoms with Crippen LogP contribution < -0.4 is 0 Å². The molecular formula is C51H34N4O. The Balaban J connectivity index is 1.03. The molecule has 0 bridgehead atoms. The van der Waals surface area contributed by atoms with E-state index in [0.717, 1.165) is 73.3 Å². The van der Waals surface area contributed by atoms with Crippen LogP contribution in [0.3, 0.4) is 0 Å². The maximum absolute atomic E-state index is 6.50. The summed E-state index contributed by atoms with van der Waals surface area (Å²) in [5.41, 5.74) is 11.6. The fraction of sp³-hybridized carbons (Fsp3) is 0.0392. The lowest BCUT2D eigenvalue weighted by Gasteiger charge is -2.14. The van der Waals surface area contributed by atoms with Crippen LogP contribution in [0.1, 0.15) is 18.2 Å². The average molecular weight is 719 g/mol. The molecule has 1 atom stereocenters. The van der Waals surface area contributed by atoms with Crippen molar-refractivity contribution in [2.75, 3.05) is 0 Å². The molecule has 0 amide bonds. The molecule has 264 valence electrons. The summed E-state index contributed by atoms with van der Waals surface area (Å²) in [6, 6.07) is 57.6. The van der Waals surface area contributed by atoms with Gasteiger partial charge in [-0.05, 0) is 83.3 Å². The minimum atomic E-state index is 0.0934. The zero-order valence-electron chi connectivity index (χ0n) is 30.4. The average Bonchev–Trinajstić information content (AvgIpc) is 3.82. The number of para-hydroxylation sites is 2. The van der Waals surface area contributed by atoms with Crippen molar-refractivity contribution < 1.29 is 4.42 Å². The van der Waals surface area contributed by atoms with Gasteiger partial charge in [-0.3, -0.25) is 0 Å². The standard InChI is InChI=1S/C51H34N4O/c1-4-14-33(15-5-1)49-52-50(34-16-6-2-7-17-34)54-51(53-49)38-19-12-18-37(30-38)40-23-13-25-47-48(40)43-32-36(27-29-46(43)56-47)35-26-28-45-42(31-35)41-22-10-11-24-44(41)55(45)39-20-8-3-9-21-39/h1-16,18-32,34H,17H2. The molecule has 3 aromatic heterocycles. The first-order valence-corrected chi connectivity index (χ1v) is 19.0. The molecule has 1 aliphatic carbocycles. The van der Waals surface area contributed by atoms with Gasteiger partial charge >= 0.3 is 0 Å². The number of fused-ring (bicyclic) bond motifs is 6. The highest BCUT2D eigenvalue weighted by Gasteiger charge is 2.19. The molecule has 1 unspecified atom stereocenters. The monoisotopic (exact) mass is 718 g/mol. The third kappa shape index (κ3) is 5.44. The Bertz CT molecular complexity index is 3170. The number of benzene rings is 7. The predicted octanol–water partition coefficient (Wildman–Crippen LogP) is 13.1. The normalized spacial score (nSPS) is 14.0. The molecule has 0 saturated heterocycles. The molecule has 0 aliphatic heterocycles. The Morgan fingerprint density at radius 3 is 2.02 bits per heavy atom. The smallest absolute Gasteiger partial charge is 0.163 e. The molecule has 0 saturated carbocycles. The summed E-state index contributed by atoms with van der Waals surface area (Å²) in [7, 11) is 0. The molecule has 0 spiro atoms. The molecule has 5 nitrogen and oxygen atoms in total. The Kier molecular flexibility index (Phi) is 7.56. The van der Waals surface area contributed by atoms with Crippen molar-refractivity contribution in [2.45, 2.75) is 12.3 Å². The molecule has 56 heavy (non-hydrogen) atoms. The van der Waals surface area contributed by atoms with E-state index in [2.05, 4.69) is 174 Å². The number of hydrogen-bond donors (Lipinski definition) is 0. The van der Waals surface area contributed by atoms with E-state index in [4.69, 9.17) is 19.4 Å². The summed E-state index contributed by atoms with van der Waals surface area (Å²) in [4.78, 5) is 15.1. The summed E-state index contributed by atoms with van der Waals surface area (Å²) in [5, 5.41) is 4.63. The molecule has 3 heterocycles. The molecule has 1 aliphatic rings. The fourth-order valence-corrected chi connectivity index (χ4v) is 8.26. The van der Waals surface area contributed by atoms with Gasteiger partial charge in [-0.15, -0.1) is 0 Å². The Labute approximate surface area is 323 Å². The quantitative estimate of drug-likeness (QED) is 0.172. The molecule has 0 fully saturated rings. The summed E-state index contributed by atoms with van der Waals surface area (Å²) < 4.78 is 8.85. The highest BCUT2D eigenvalue weighted by atomic mass is 16.3. The number of rotatable bonds is 6. The van der Waals surface area contributed by atoms with Crippen LogP contribution in [0.5, 0.6) is 0 Å². The van der Waals surface area contributed by atoms with Gasteiger partial charge in [-0.1, -0.05) is 133 Å². The number of allylic oxidation sites excluding steroid dienone is 4. The zero-order chi connectivity index (χ0) is 37.0. The van der Waals surface area contributed by atoms with Crippen LogP contribution in [0.4, 0.5) is 0 Å². The first-order valence-electron chi connectivity index (χ1n) is 19.0. The van der Waals surface area contributed by atoms with Crippen molar-refractivity contribution >= 4 is 43.7 Å². The van der Waals surface area contributed by atoms with Crippen LogP contribution in [-0.2, 0) is 0 Å². The van der Waals surface area contributed by atoms with Crippen LogP contribution >= 0.6 is 0 Å². The summed E-state index contributed by atoms with van der Waals surface area (Å²) in [5.74, 6) is 2.21. The second-order valence-electron chi connectivity index (χ2n) is 14.4. The summed E-state index contributed by atoms with van der Waals surface area (Å²) in [6.45, 7) is 0. The molecule has 0 N–H and O–H groups in total. The van der Waals surface area contributed by atoms with E-state index < -0.39 is 0 Å². The SMILES string of the molecule is C1=CCC(c2nc(-c3ccccc3)nc(-c3cccc(-c4cccc5oc6ccc(-c7ccc8c(c7)c7ccccc7n8-c7ccccc7)cc6c45)c3)n2)C=C1. The number of hydrogen-bond acceptors (Lipinski definition) is 4. The van der Waals surface area contributed by atoms with E-state index in [0.29, 0.717) is 11.6 Å². The first kappa shape index (κ1) is 32.1. The minimum absolute atomic E-state index is 0.0934. The molecule has 7 aromatic carbocycles. The van der Waals surface area contributed by atoms with Gasteiger partial charge in [0.25, 0.3) is 0 Å². The van der Waals surface area contributed by atoms with Crippen LogP contribution in [0.25, 0.3) is 94.5 Å². The van der Waals surface area contributed by atoms with E-state index >= 15 is 0 Å². The Morgan fingerprint density at radius 1 is 0.482 bits per heavy atom. The predicted molar refractivity (Wildman–Crippen MR) is 229 cm³/mol. The van der Waals surface area contributed by atoms with E-state index in [-0.39, 0.29) is 5.92 Å². The van der Waals surface area contributed by atoms with Crippen LogP contribution in [0.2, 0.25) is 0 Å². The second-order valence-corrected chi connectivity index (χ2v) is 14.4. The van der Waals surface area contributed by atoms with Crippen LogP contribution in [0, 0.1) is 0 Å². The largest absolute Gasteiger partial charge is 0.456 e. The Morgan fingerprint density at radius 2 is 1.18 bits per heavy atom. The van der Waals surface area contributed by atoms with Crippen molar-refractivity contribution in [1.29, 1.82) is 0 Å². The lowest BCUT2D eigenvalue weighted by Crippen LogP contribution is -2.07. The van der Waals surface area contributed by atoms with Gasteiger partial charge in [0.2, 0.25) is 0 Å². The van der Waals surface area contributed by atoms with E-state index in [1.54, 1.807) is 0 Å². The molecule has 10 aromatic rings. The number of aromatic nitrogens is 4. The van der Waals surface area contributed by atoms with Gasteiger partial charge in [0, 0.05) is 44.3 Å². The van der Waals surface area contributed by atoms with Gasteiger partial charge < -0.3 is 8.98 Å². The van der Waals surface area contributed by atoms with Gasteiger partial charge in [0.05, 0.1) is 11.0 Å². The second kappa shape index (κ2) is 13.2. The number of furan rings is 1. The van der Waals surface area contributed by atoms with E-state index in [1.165, 1.54) is 21.8 Å². The molecule has 0 radical (unpaired) electrons. The maximum Gasteiger partial charge on any atom is 0.163 e. The van der Waals surface area contributed by atoms with Crippen molar-refractivity contribution in [2.24, 2.45) is 0 Å². The molecular weight excluding hydrogens is 685 g/mol. The maximum atomic E-state index is 6.50. The van der Waals surface area contributed by atoms with Gasteiger partial charge in [0.15, 0.2) is 11.6 Å². The lowest BCUT2D eigenvalue weighted by molar-refractivity contribution is 0.669. The van der Waals surface area contributed by atoms with Crippen LogP contribution in [0.15, 0.2) is 193 Å². The fourth-order valence-electron chi connectivity index (χ4n) is 8.26. The van der Waals surface area contributed by atoms with Crippen molar-refractivity contribution in [3.05, 3.63) is 194 Å². The first-order chi connectivity index (χ1) is 27.7. The topological polar surface area (TPSA) is 56.7 Å². The van der Waals surface area contributed by atoms with Gasteiger partial charge in [0.1, 0.15) is 17.0 Å². The van der Waals surface area contributed by atoms with E-state index in [9.17, 15) is 0 Å². The summed E-state index contributed by atoms with van der Waals surface area (Å²) in [6.07, 6.45) is 9.35. The third-order valence-electron chi connectivity index (χ3n) is 10.9. The zero-order valence-corrected chi connectivity index (χ0v) is 30.4.